The Bertz CT molecular complexity index is 915. The van der Waals surface area contributed by atoms with Gasteiger partial charge in [0.05, 0.1) is 10.4 Å². The van der Waals surface area contributed by atoms with E-state index in [1.807, 2.05) is 39.8 Å². The molecule has 0 aliphatic rings. The third-order valence-electron chi connectivity index (χ3n) is 4.81. The largest absolute Gasteiger partial charge is 0.345 e. The van der Waals surface area contributed by atoms with E-state index in [0.717, 1.165) is 5.56 Å². The average Bonchev–Trinajstić information content (AvgIpc) is 2.63. The molecule has 2 rings (SSSR count). The number of hydrogen-bond acceptors (Lipinski definition) is 4. The van der Waals surface area contributed by atoms with Crippen molar-refractivity contribution in [1.82, 2.24) is 5.32 Å². The summed E-state index contributed by atoms with van der Waals surface area (Å²) in [5, 5.41) is 2.91. The van der Waals surface area contributed by atoms with Crippen LogP contribution < -0.4 is 15.8 Å². The van der Waals surface area contributed by atoms with Gasteiger partial charge in [-0.25, -0.2) is 8.42 Å². The van der Waals surface area contributed by atoms with Crippen LogP contribution in [0.15, 0.2) is 53.4 Å². The van der Waals surface area contributed by atoms with E-state index in [4.69, 9.17) is 5.73 Å². The fraction of sp³-hybridized carbons (Fsp3) is 0.350. The van der Waals surface area contributed by atoms with E-state index >= 15 is 0 Å². The second-order valence-electron chi connectivity index (χ2n) is 7.23. The van der Waals surface area contributed by atoms with E-state index in [2.05, 4.69) is 10.0 Å². The number of rotatable bonds is 7. The molecular weight excluding hydrogens is 398 g/mol. The van der Waals surface area contributed by atoms with Crippen molar-refractivity contribution >= 4 is 34.0 Å². The Kier molecular flexibility index (Phi) is 8.05. The van der Waals surface area contributed by atoms with Gasteiger partial charge < -0.3 is 11.1 Å². The summed E-state index contributed by atoms with van der Waals surface area (Å²) in [5.41, 5.74) is 6.99. The molecule has 2 aromatic rings. The minimum Gasteiger partial charge on any atom is -0.345 e. The van der Waals surface area contributed by atoms with E-state index < -0.39 is 15.6 Å². The van der Waals surface area contributed by atoms with Gasteiger partial charge in [-0.05, 0) is 50.1 Å². The Morgan fingerprint density at radius 2 is 1.75 bits per heavy atom. The molecular formula is C20H28ClN3O3S. The Hall–Kier alpha value is -2.09. The van der Waals surface area contributed by atoms with E-state index in [9.17, 15) is 13.2 Å². The molecule has 0 aromatic heterocycles. The van der Waals surface area contributed by atoms with Crippen molar-refractivity contribution < 1.29 is 13.2 Å². The summed E-state index contributed by atoms with van der Waals surface area (Å²) >= 11 is 0. The molecule has 0 saturated heterocycles. The molecule has 154 valence electrons. The minimum atomic E-state index is -3.80. The van der Waals surface area contributed by atoms with Gasteiger partial charge in [-0.15, -0.1) is 12.4 Å². The number of nitrogens with one attached hydrogen (secondary N) is 2. The molecule has 0 bridgehead atoms. The van der Waals surface area contributed by atoms with Crippen LogP contribution in [0, 0.1) is 12.8 Å². The molecule has 0 aliphatic carbocycles. The van der Waals surface area contributed by atoms with Gasteiger partial charge in [-0.2, -0.15) is 0 Å². The minimum absolute atomic E-state index is 0. The van der Waals surface area contributed by atoms with Crippen molar-refractivity contribution in [3.8, 4) is 0 Å². The van der Waals surface area contributed by atoms with Crippen LogP contribution in [0.4, 0.5) is 5.69 Å². The van der Waals surface area contributed by atoms with Crippen LogP contribution in [0.3, 0.4) is 0 Å². The zero-order chi connectivity index (χ0) is 20.2. The van der Waals surface area contributed by atoms with Crippen molar-refractivity contribution in [1.29, 1.82) is 0 Å². The number of benzene rings is 2. The zero-order valence-electron chi connectivity index (χ0n) is 16.5. The Morgan fingerprint density at radius 3 is 2.29 bits per heavy atom. The standard InChI is InChI=1S/C20H27N3O3S.ClH/c1-14(2)20(4,13-21)22-19(24)16-6-5-7-18(12-16)27(25,26)23-17-10-8-15(3)9-11-17;/h5-12,14,23H,13,21H2,1-4H3,(H,22,24);1H. The Morgan fingerprint density at radius 1 is 1.14 bits per heavy atom. The first kappa shape index (κ1) is 23.9. The third-order valence-corrected chi connectivity index (χ3v) is 6.19. The number of halogens is 1. The predicted molar refractivity (Wildman–Crippen MR) is 115 cm³/mol. The molecule has 0 aliphatic heterocycles. The first-order valence-electron chi connectivity index (χ1n) is 8.79. The van der Waals surface area contributed by atoms with Crippen LogP contribution in [-0.2, 0) is 10.0 Å². The molecule has 6 nitrogen and oxygen atoms in total. The van der Waals surface area contributed by atoms with Crippen molar-refractivity contribution in [2.75, 3.05) is 11.3 Å². The smallest absolute Gasteiger partial charge is 0.261 e. The SMILES string of the molecule is Cc1ccc(NS(=O)(=O)c2cccc(C(=O)NC(C)(CN)C(C)C)c2)cc1.Cl. The van der Waals surface area contributed by atoms with E-state index in [-0.39, 0.29) is 41.2 Å². The highest BCUT2D eigenvalue weighted by molar-refractivity contribution is 7.92. The molecule has 0 saturated carbocycles. The highest BCUT2D eigenvalue weighted by Gasteiger charge is 2.29. The predicted octanol–water partition coefficient (Wildman–Crippen LogP) is 3.32. The molecule has 1 amide bonds. The maximum Gasteiger partial charge on any atom is 0.261 e. The molecule has 2 aromatic carbocycles. The molecule has 0 radical (unpaired) electrons. The summed E-state index contributed by atoms with van der Waals surface area (Å²) in [6.07, 6.45) is 0. The second kappa shape index (κ2) is 9.41. The second-order valence-corrected chi connectivity index (χ2v) is 8.91. The number of nitrogens with two attached hydrogens (primary N) is 1. The fourth-order valence-corrected chi connectivity index (χ4v) is 3.51. The van der Waals surface area contributed by atoms with E-state index in [1.165, 1.54) is 12.1 Å². The average molecular weight is 426 g/mol. The van der Waals surface area contributed by atoms with E-state index in [1.54, 1.807) is 24.3 Å². The van der Waals surface area contributed by atoms with Gasteiger partial charge in [0, 0.05) is 17.8 Å². The molecule has 1 unspecified atom stereocenters. The first-order valence-corrected chi connectivity index (χ1v) is 10.3. The lowest BCUT2D eigenvalue weighted by Gasteiger charge is -2.33. The van der Waals surface area contributed by atoms with Crippen LogP contribution in [0.1, 0.15) is 36.7 Å². The lowest BCUT2D eigenvalue weighted by molar-refractivity contribution is 0.0883. The fourth-order valence-electron chi connectivity index (χ4n) is 2.40. The lowest BCUT2D eigenvalue weighted by Crippen LogP contribution is -2.55. The third kappa shape index (κ3) is 5.70. The molecule has 1 atom stereocenters. The highest BCUT2D eigenvalue weighted by atomic mass is 35.5. The number of sulfonamides is 1. The lowest BCUT2D eigenvalue weighted by atomic mass is 9.88. The maximum absolute atomic E-state index is 12.6. The normalized spacial score (nSPS) is 13.4. The van der Waals surface area contributed by atoms with Crippen LogP contribution in [0.25, 0.3) is 0 Å². The molecule has 0 fully saturated rings. The molecule has 8 heteroatoms. The summed E-state index contributed by atoms with van der Waals surface area (Å²) < 4.78 is 27.8. The van der Waals surface area contributed by atoms with Gasteiger partial charge in [0.2, 0.25) is 0 Å². The molecule has 28 heavy (non-hydrogen) atoms. The Balaban J connectivity index is 0.00000392. The van der Waals surface area contributed by atoms with Crippen molar-refractivity contribution in [2.45, 2.75) is 38.1 Å². The van der Waals surface area contributed by atoms with E-state index in [0.29, 0.717) is 5.69 Å². The quantitative estimate of drug-likeness (QED) is 0.633. The van der Waals surface area contributed by atoms with Gasteiger partial charge in [0.1, 0.15) is 0 Å². The van der Waals surface area contributed by atoms with Crippen LogP contribution in [-0.4, -0.2) is 26.4 Å². The van der Waals surface area contributed by atoms with Crippen molar-refractivity contribution in [3.63, 3.8) is 0 Å². The molecule has 0 heterocycles. The van der Waals surface area contributed by atoms with Crippen LogP contribution >= 0.6 is 12.4 Å². The first-order chi connectivity index (χ1) is 12.6. The van der Waals surface area contributed by atoms with Crippen LogP contribution in [0.5, 0.6) is 0 Å². The maximum atomic E-state index is 12.6. The number of anilines is 1. The van der Waals surface area contributed by atoms with Gasteiger partial charge >= 0.3 is 0 Å². The summed E-state index contributed by atoms with van der Waals surface area (Å²) in [6, 6.07) is 13.0. The topological polar surface area (TPSA) is 101 Å². The monoisotopic (exact) mass is 425 g/mol. The van der Waals surface area contributed by atoms with Crippen LogP contribution in [0.2, 0.25) is 0 Å². The number of hydrogen-bond donors (Lipinski definition) is 3. The van der Waals surface area contributed by atoms with Gasteiger partial charge in [0.25, 0.3) is 15.9 Å². The van der Waals surface area contributed by atoms with Crippen molar-refractivity contribution in [2.24, 2.45) is 11.7 Å². The molecule has 4 N–H and O–H groups in total. The highest BCUT2D eigenvalue weighted by Crippen LogP contribution is 2.19. The number of amides is 1. The number of carbonyl (C=O) groups is 1. The van der Waals surface area contributed by atoms with Crippen molar-refractivity contribution in [3.05, 3.63) is 59.7 Å². The molecule has 0 spiro atoms. The zero-order valence-corrected chi connectivity index (χ0v) is 18.2. The Labute approximate surface area is 173 Å². The summed E-state index contributed by atoms with van der Waals surface area (Å²) in [6.45, 7) is 8.02. The summed E-state index contributed by atoms with van der Waals surface area (Å²) in [4.78, 5) is 12.6. The summed E-state index contributed by atoms with van der Waals surface area (Å²) in [5.74, 6) is -0.231. The van der Waals surface area contributed by atoms with Gasteiger partial charge in [0.15, 0.2) is 0 Å². The van der Waals surface area contributed by atoms with Gasteiger partial charge in [-0.1, -0.05) is 37.6 Å². The van der Waals surface area contributed by atoms with Gasteiger partial charge in [-0.3, -0.25) is 9.52 Å². The number of carbonyl (C=O) groups excluding carboxylic acids is 1. The number of aryl methyl sites for hydroxylation is 1. The summed E-state index contributed by atoms with van der Waals surface area (Å²) in [7, 11) is -3.80.